The molecule has 2 aromatic heterocycles. The fourth-order valence-electron chi connectivity index (χ4n) is 2.54. The van der Waals surface area contributed by atoms with E-state index in [1.807, 2.05) is 12.1 Å². The van der Waals surface area contributed by atoms with Crippen molar-refractivity contribution in [2.75, 3.05) is 12.4 Å². The number of benzene rings is 2. The molecular formula is C17H13BrN4O2Se. The first-order valence-electron chi connectivity index (χ1n) is 7.41. The number of rotatable bonds is 3. The van der Waals surface area contributed by atoms with E-state index in [0.29, 0.717) is 5.95 Å². The van der Waals surface area contributed by atoms with Gasteiger partial charge in [-0.3, -0.25) is 0 Å². The topological polar surface area (TPSA) is 82.8 Å². The van der Waals surface area contributed by atoms with Crippen molar-refractivity contribution in [2.45, 2.75) is 0 Å². The SMILES string of the molecule is COC(=O)Nc1nc2ccc([Se]c3c[nH]c4ccc(Br)cc34)cc2[nH]1. The monoisotopic (exact) mass is 464 g/mol. The summed E-state index contributed by atoms with van der Waals surface area (Å²) in [7, 11) is 1.32. The number of imidazole rings is 1. The van der Waals surface area contributed by atoms with Crippen LogP contribution in [0.2, 0.25) is 0 Å². The van der Waals surface area contributed by atoms with Gasteiger partial charge in [0.15, 0.2) is 0 Å². The molecule has 0 spiro atoms. The van der Waals surface area contributed by atoms with Crippen LogP contribution in [0.5, 0.6) is 0 Å². The molecule has 2 heterocycles. The standard InChI is InChI=1S/C17H13BrN4O2Se/c1-24-17(23)22-16-20-13-5-3-10(7-14(13)21-16)25-15-8-19-12-4-2-9(18)6-11(12)15/h2-8,19H,1H3,(H2,20,21,22,23). The van der Waals surface area contributed by atoms with E-state index in [9.17, 15) is 4.79 Å². The summed E-state index contributed by atoms with van der Waals surface area (Å²) in [4.78, 5) is 22.0. The van der Waals surface area contributed by atoms with Crippen LogP contribution in [0.3, 0.4) is 0 Å². The van der Waals surface area contributed by atoms with Crippen LogP contribution in [0.25, 0.3) is 21.9 Å². The quantitative estimate of drug-likeness (QED) is 0.408. The van der Waals surface area contributed by atoms with Crippen LogP contribution < -0.4 is 14.2 Å². The second-order valence-electron chi connectivity index (χ2n) is 5.33. The Kier molecular flexibility index (Phi) is 4.25. The Morgan fingerprint density at radius 2 is 2.12 bits per heavy atom. The van der Waals surface area contributed by atoms with Crippen molar-refractivity contribution >= 4 is 73.8 Å². The fraction of sp³-hybridized carbons (Fsp3) is 0.0588. The zero-order valence-electron chi connectivity index (χ0n) is 13.1. The van der Waals surface area contributed by atoms with E-state index in [-0.39, 0.29) is 15.0 Å². The van der Waals surface area contributed by atoms with Crippen molar-refractivity contribution < 1.29 is 9.53 Å². The fourth-order valence-corrected chi connectivity index (χ4v) is 4.92. The van der Waals surface area contributed by atoms with Crippen molar-refractivity contribution in [1.29, 1.82) is 0 Å². The number of hydrogen-bond donors (Lipinski definition) is 3. The number of methoxy groups -OCH3 is 1. The van der Waals surface area contributed by atoms with Crippen molar-refractivity contribution in [3.05, 3.63) is 47.1 Å². The minimum absolute atomic E-state index is 0.147. The molecule has 3 N–H and O–H groups in total. The Bertz CT molecular complexity index is 1090. The van der Waals surface area contributed by atoms with Crippen LogP contribution in [0.4, 0.5) is 10.7 Å². The molecule has 126 valence electrons. The van der Waals surface area contributed by atoms with Gasteiger partial charge >= 0.3 is 158 Å². The van der Waals surface area contributed by atoms with Gasteiger partial charge in [0, 0.05) is 0 Å². The van der Waals surface area contributed by atoms with Gasteiger partial charge in [-0.15, -0.1) is 0 Å². The zero-order valence-corrected chi connectivity index (χ0v) is 16.4. The van der Waals surface area contributed by atoms with E-state index in [1.54, 1.807) is 0 Å². The van der Waals surface area contributed by atoms with E-state index in [2.05, 4.69) is 71.4 Å². The van der Waals surface area contributed by atoms with Crippen LogP contribution >= 0.6 is 15.9 Å². The molecule has 0 radical (unpaired) electrons. The number of fused-ring (bicyclic) bond motifs is 2. The number of nitrogens with zero attached hydrogens (tertiary/aromatic N) is 1. The molecule has 0 saturated carbocycles. The Labute approximate surface area is 157 Å². The van der Waals surface area contributed by atoms with Crippen molar-refractivity contribution in [2.24, 2.45) is 0 Å². The molecule has 8 heteroatoms. The minimum atomic E-state index is -0.548. The van der Waals surface area contributed by atoms with Crippen LogP contribution in [0, 0.1) is 0 Å². The molecule has 2 aromatic carbocycles. The molecule has 0 aliphatic heterocycles. The first-order valence-corrected chi connectivity index (χ1v) is 9.92. The second kappa shape index (κ2) is 6.55. The van der Waals surface area contributed by atoms with E-state index >= 15 is 0 Å². The molecule has 4 rings (SSSR count). The number of H-pyrrole nitrogens is 2. The summed E-state index contributed by atoms with van der Waals surface area (Å²) in [5.41, 5.74) is 2.81. The predicted octanol–water partition coefficient (Wildman–Crippen LogP) is 2.64. The van der Waals surface area contributed by atoms with Crippen LogP contribution in [0.15, 0.2) is 47.1 Å². The Morgan fingerprint density at radius 3 is 2.96 bits per heavy atom. The summed E-state index contributed by atoms with van der Waals surface area (Å²) in [6, 6.07) is 12.3. The number of halogens is 1. The van der Waals surface area contributed by atoms with Crippen molar-refractivity contribution in [3.8, 4) is 0 Å². The Hall–Kier alpha value is -2.28. The molecule has 0 bridgehead atoms. The third-order valence-electron chi connectivity index (χ3n) is 3.69. The summed E-state index contributed by atoms with van der Waals surface area (Å²) >= 11 is 3.68. The maximum absolute atomic E-state index is 11.3. The van der Waals surface area contributed by atoms with Gasteiger partial charge in [-0.25, -0.2) is 0 Å². The third kappa shape index (κ3) is 3.28. The number of anilines is 1. The summed E-state index contributed by atoms with van der Waals surface area (Å²) in [6.45, 7) is 0. The molecule has 1 amide bonds. The molecule has 25 heavy (non-hydrogen) atoms. The number of hydrogen-bond acceptors (Lipinski definition) is 3. The van der Waals surface area contributed by atoms with Gasteiger partial charge in [0.25, 0.3) is 0 Å². The number of amides is 1. The van der Waals surface area contributed by atoms with Gasteiger partial charge in [-0.2, -0.15) is 0 Å². The molecule has 0 atom stereocenters. The average molecular weight is 464 g/mol. The van der Waals surface area contributed by atoms with Gasteiger partial charge in [0.1, 0.15) is 0 Å². The maximum atomic E-state index is 11.3. The molecule has 0 aliphatic rings. The molecule has 0 saturated heterocycles. The summed E-state index contributed by atoms with van der Waals surface area (Å²) < 4.78 is 8.15. The molecule has 0 aliphatic carbocycles. The van der Waals surface area contributed by atoms with Gasteiger partial charge in [-0.05, 0) is 0 Å². The number of carbonyl (C=O) groups excluding carboxylic acids is 1. The molecular weight excluding hydrogens is 451 g/mol. The summed E-state index contributed by atoms with van der Waals surface area (Å²) in [5, 5.41) is 3.77. The van der Waals surface area contributed by atoms with Crippen LogP contribution in [-0.2, 0) is 4.74 Å². The summed E-state index contributed by atoms with van der Waals surface area (Å²) in [6.07, 6.45) is 1.52. The Balaban J connectivity index is 1.64. The van der Waals surface area contributed by atoms with E-state index in [4.69, 9.17) is 0 Å². The normalized spacial score (nSPS) is 11.1. The molecule has 0 fully saturated rings. The average Bonchev–Trinajstić information content (AvgIpc) is 3.18. The van der Waals surface area contributed by atoms with E-state index in [0.717, 1.165) is 21.0 Å². The van der Waals surface area contributed by atoms with Crippen LogP contribution in [-0.4, -0.2) is 43.1 Å². The van der Waals surface area contributed by atoms with Crippen molar-refractivity contribution in [3.63, 3.8) is 0 Å². The number of ether oxygens (including phenoxy) is 1. The first-order chi connectivity index (χ1) is 12.1. The summed E-state index contributed by atoms with van der Waals surface area (Å²) in [5.74, 6) is 0.377. The molecule has 4 aromatic rings. The second-order valence-corrected chi connectivity index (χ2v) is 8.58. The number of aromatic nitrogens is 3. The van der Waals surface area contributed by atoms with Gasteiger partial charge in [0.2, 0.25) is 0 Å². The molecule has 0 unspecified atom stereocenters. The number of nitrogens with one attached hydrogen (secondary N) is 3. The Morgan fingerprint density at radius 1 is 1.24 bits per heavy atom. The van der Waals surface area contributed by atoms with Crippen LogP contribution in [0.1, 0.15) is 0 Å². The third-order valence-corrected chi connectivity index (χ3v) is 6.38. The van der Waals surface area contributed by atoms with Gasteiger partial charge < -0.3 is 0 Å². The number of aromatic amines is 2. The van der Waals surface area contributed by atoms with Crippen molar-refractivity contribution in [1.82, 2.24) is 15.0 Å². The molecule has 6 nitrogen and oxygen atoms in total. The zero-order chi connectivity index (χ0) is 17.4. The predicted molar refractivity (Wildman–Crippen MR) is 103 cm³/mol. The van der Waals surface area contributed by atoms with Gasteiger partial charge in [0.05, 0.1) is 0 Å². The van der Waals surface area contributed by atoms with Gasteiger partial charge in [-0.1, -0.05) is 0 Å². The first kappa shape index (κ1) is 16.2. The van der Waals surface area contributed by atoms with E-state index < -0.39 is 6.09 Å². The van der Waals surface area contributed by atoms with E-state index in [1.165, 1.54) is 21.4 Å². The number of carbonyl (C=O) groups is 1.